The molecule has 0 spiro atoms. The number of nitrogens with zero attached hydrogens (tertiary/aromatic N) is 1. The van der Waals surface area contributed by atoms with E-state index in [0.29, 0.717) is 5.56 Å². The Hall–Kier alpha value is -1.94. The predicted octanol–water partition coefficient (Wildman–Crippen LogP) is 3.10. The lowest BCUT2D eigenvalue weighted by Gasteiger charge is -1.98. The van der Waals surface area contributed by atoms with Crippen molar-refractivity contribution in [3.8, 4) is 0 Å². The Kier molecular flexibility index (Phi) is 3.67. The fraction of sp³-hybridized carbons (Fsp3) is 0.0769. The highest BCUT2D eigenvalue weighted by Gasteiger charge is 2.02. The topological polar surface area (TPSA) is 39.2 Å². The molecule has 1 aromatic carbocycles. The predicted molar refractivity (Wildman–Crippen MR) is 68.8 cm³/mol. The number of ether oxygens (including phenoxy) is 1. The third kappa shape index (κ3) is 3.01. The van der Waals surface area contributed by atoms with E-state index >= 15 is 0 Å². The summed E-state index contributed by atoms with van der Waals surface area (Å²) >= 11 is 1.58. The molecule has 0 saturated heterocycles. The van der Waals surface area contributed by atoms with E-state index in [-0.39, 0.29) is 5.97 Å². The minimum Gasteiger partial charge on any atom is -0.465 e. The standard InChI is InChI=1S/C13H11NO2S/c1-16-13(15)11-5-2-10(3-6-11)4-7-12-14-8-9-17-12/h2-9H,1H3/b7-4+. The minimum atomic E-state index is -0.319. The Morgan fingerprint density at radius 2 is 2.06 bits per heavy atom. The van der Waals surface area contributed by atoms with Crippen LogP contribution in [0.5, 0.6) is 0 Å². The second-order valence-electron chi connectivity index (χ2n) is 3.32. The van der Waals surface area contributed by atoms with Gasteiger partial charge < -0.3 is 4.74 Å². The summed E-state index contributed by atoms with van der Waals surface area (Å²) in [5, 5.41) is 2.89. The van der Waals surface area contributed by atoms with Crippen molar-refractivity contribution in [2.24, 2.45) is 0 Å². The molecule has 2 rings (SSSR count). The minimum absolute atomic E-state index is 0.319. The SMILES string of the molecule is COC(=O)c1ccc(/C=C/c2nccs2)cc1. The maximum atomic E-state index is 11.2. The summed E-state index contributed by atoms with van der Waals surface area (Å²) in [6, 6.07) is 7.23. The molecule has 1 heterocycles. The summed E-state index contributed by atoms with van der Waals surface area (Å²) in [5.74, 6) is -0.319. The van der Waals surface area contributed by atoms with Crippen molar-refractivity contribution in [2.45, 2.75) is 0 Å². The monoisotopic (exact) mass is 245 g/mol. The Balaban J connectivity index is 2.11. The van der Waals surface area contributed by atoms with Gasteiger partial charge in [-0.15, -0.1) is 11.3 Å². The quantitative estimate of drug-likeness (QED) is 0.780. The maximum absolute atomic E-state index is 11.2. The van der Waals surface area contributed by atoms with Gasteiger partial charge in [-0.25, -0.2) is 9.78 Å². The molecule has 86 valence electrons. The summed E-state index contributed by atoms with van der Waals surface area (Å²) in [7, 11) is 1.37. The van der Waals surface area contributed by atoms with E-state index in [9.17, 15) is 4.79 Å². The van der Waals surface area contributed by atoms with Gasteiger partial charge in [0, 0.05) is 11.6 Å². The average Bonchev–Trinajstić information content (AvgIpc) is 2.89. The second-order valence-corrected chi connectivity index (χ2v) is 4.24. The van der Waals surface area contributed by atoms with Gasteiger partial charge in [0.05, 0.1) is 12.7 Å². The Morgan fingerprint density at radius 3 is 2.65 bits per heavy atom. The van der Waals surface area contributed by atoms with E-state index in [1.807, 2.05) is 29.7 Å². The van der Waals surface area contributed by atoms with Crippen LogP contribution in [0.25, 0.3) is 12.2 Å². The van der Waals surface area contributed by atoms with Crippen LogP contribution in [0.15, 0.2) is 35.8 Å². The molecule has 0 aliphatic rings. The number of aromatic nitrogens is 1. The number of esters is 1. The fourth-order valence-electron chi connectivity index (χ4n) is 1.33. The molecule has 0 fully saturated rings. The van der Waals surface area contributed by atoms with Crippen molar-refractivity contribution >= 4 is 29.5 Å². The first kappa shape index (κ1) is 11.5. The highest BCUT2D eigenvalue weighted by atomic mass is 32.1. The fourth-order valence-corrected chi connectivity index (χ4v) is 1.86. The highest BCUT2D eigenvalue weighted by molar-refractivity contribution is 7.10. The van der Waals surface area contributed by atoms with Crippen molar-refractivity contribution in [2.75, 3.05) is 7.11 Å². The molecule has 0 radical (unpaired) electrons. The molecule has 0 atom stereocenters. The second kappa shape index (κ2) is 5.41. The van der Waals surface area contributed by atoms with Gasteiger partial charge in [-0.05, 0) is 23.8 Å². The van der Waals surface area contributed by atoms with Crippen molar-refractivity contribution < 1.29 is 9.53 Å². The Labute approximate surface area is 103 Å². The molecule has 17 heavy (non-hydrogen) atoms. The summed E-state index contributed by atoms with van der Waals surface area (Å²) in [5.41, 5.74) is 1.58. The van der Waals surface area contributed by atoms with E-state index in [1.165, 1.54) is 7.11 Å². The summed E-state index contributed by atoms with van der Waals surface area (Å²) in [4.78, 5) is 15.4. The molecular formula is C13H11NO2S. The third-order valence-corrected chi connectivity index (χ3v) is 2.94. The molecule has 2 aromatic rings. The smallest absolute Gasteiger partial charge is 0.337 e. The zero-order valence-corrected chi connectivity index (χ0v) is 10.1. The van der Waals surface area contributed by atoms with Gasteiger partial charge in [0.25, 0.3) is 0 Å². The number of hydrogen-bond donors (Lipinski definition) is 0. The summed E-state index contributed by atoms with van der Waals surface area (Å²) < 4.78 is 4.63. The zero-order chi connectivity index (χ0) is 12.1. The molecule has 4 heteroatoms. The van der Waals surface area contributed by atoms with Crippen LogP contribution >= 0.6 is 11.3 Å². The average molecular weight is 245 g/mol. The number of carbonyl (C=O) groups excluding carboxylic acids is 1. The lowest BCUT2D eigenvalue weighted by Crippen LogP contribution is -2.00. The molecule has 0 saturated carbocycles. The maximum Gasteiger partial charge on any atom is 0.337 e. The number of carbonyl (C=O) groups is 1. The molecule has 0 bridgehead atoms. The van der Waals surface area contributed by atoms with Crippen LogP contribution in [0.4, 0.5) is 0 Å². The van der Waals surface area contributed by atoms with Crippen molar-refractivity contribution in [1.29, 1.82) is 0 Å². The largest absolute Gasteiger partial charge is 0.465 e. The first-order valence-corrected chi connectivity index (χ1v) is 5.93. The van der Waals surface area contributed by atoms with E-state index in [1.54, 1.807) is 29.7 Å². The van der Waals surface area contributed by atoms with Crippen LogP contribution in [0, 0.1) is 0 Å². The molecule has 0 aliphatic heterocycles. The van der Waals surface area contributed by atoms with Crippen molar-refractivity contribution in [3.63, 3.8) is 0 Å². The van der Waals surface area contributed by atoms with E-state index in [0.717, 1.165) is 10.6 Å². The number of hydrogen-bond acceptors (Lipinski definition) is 4. The van der Waals surface area contributed by atoms with Crippen LogP contribution in [0.3, 0.4) is 0 Å². The van der Waals surface area contributed by atoms with E-state index in [2.05, 4.69) is 9.72 Å². The lowest BCUT2D eigenvalue weighted by molar-refractivity contribution is 0.0601. The van der Waals surface area contributed by atoms with Crippen molar-refractivity contribution in [3.05, 3.63) is 52.0 Å². The van der Waals surface area contributed by atoms with E-state index in [4.69, 9.17) is 0 Å². The molecule has 1 aromatic heterocycles. The molecular weight excluding hydrogens is 234 g/mol. The number of methoxy groups -OCH3 is 1. The van der Waals surface area contributed by atoms with Crippen LogP contribution in [-0.2, 0) is 4.74 Å². The van der Waals surface area contributed by atoms with Crippen LogP contribution in [0.2, 0.25) is 0 Å². The van der Waals surface area contributed by atoms with Gasteiger partial charge in [0.1, 0.15) is 5.01 Å². The first-order chi connectivity index (χ1) is 8.29. The van der Waals surface area contributed by atoms with Gasteiger partial charge >= 0.3 is 5.97 Å². The summed E-state index contributed by atoms with van der Waals surface area (Å²) in [6.45, 7) is 0. The molecule has 0 unspecified atom stereocenters. The van der Waals surface area contributed by atoms with Gasteiger partial charge in [0.15, 0.2) is 0 Å². The van der Waals surface area contributed by atoms with E-state index < -0.39 is 0 Å². The molecule has 0 N–H and O–H groups in total. The Morgan fingerprint density at radius 1 is 1.29 bits per heavy atom. The molecule has 0 amide bonds. The van der Waals surface area contributed by atoms with Crippen LogP contribution in [0.1, 0.15) is 20.9 Å². The normalized spacial score (nSPS) is 10.6. The van der Waals surface area contributed by atoms with Gasteiger partial charge in [0.2, 0.25) is 0 Å². The molecule has 3 nitrogen and oxygen atoms in total. The molecule has 0 aliphatic carbocycles. The summed E-state index contributed by atoms with van der Waals surface area (Å²) in [6.07, 6.45) is 5.67. The zero-order valence-electron chi connectivity index (χ0n) is 9.29. The first-order valence-electron chi connectivity index (χ1n) is 5.05. The lowest BCUT2D eigenvalue weighted by atomic mass is 10.1. The van der Waals surface area contributed by atoms with Gasteiger partial charge in [-0.3, -0.25) is 0 Å². The van der Waals surface area contributed by atoms with Gasteiger partial charge in [-0.1, -0.05) is 18.2 Å². The third-order valence-electron chi connectivity index (χ3n) is 2.20. The van der Waals surface area contributed by atoms with Crippen molar-refractivity contribution in [1.82, 2.24) is 4.98 Å². The number of rotatable bonds is 3. The highest BCUT2D eigenvalue weighted by Crippen LogP contribution is 2.11. The number of thiazole rings is 1. The number of benzene rings is 1. The van der Waals surface area contributed by atoms with Crippen LogP contribution < -0.4 is 0 Å². The Bertz CT molecular complexity index is 515. The van der Waals surface area contributed by atoms with Gasteiger partial charge in [-0.2, -0.15) is 0 Å². The van der Waals surface area contributed by atoms with Crippen LogP contribution in [-0.4, -0.2) is 18.1 Å².